The minimum Gasteiger partial charge on any atom is -0.343 e. The van der Waals surface area contributed by atoms with Crippen LogP contribution in [-0.4, -0.2) is 51.4 Å². The maximum Gasteiger partial charge on any atom is 0.405 e. The number of nitrogens with one attached hydrogen (secondary N) is 2. The van der Waals surface area contributed by atoms with Gasteiger partial charge in [0.25, 0.3) is 11.5 Å². The first-order chi connectivity index (χ1) is 13.3. The van der Waals surface area contributed by atoms with Gasteiger partial charge in [-0.05, 0) is 30.5 Å². The van der Waals surface area contributed by atoms with E-state index in [9.17, 15) is 22.8 Å². The van der Waals surface area contributed by atoms with Crippen molar-refractivity contribution in [3.63, 3.8) is 0 Å². The molecule has 1 saturated heterocycles. The van der Waals surface area contributed by atoms with E-state index in [1.54, 1.807) is 22.1 Å². The fourth-order valence-electron chi connectivity index (χ4n) is 4.24. The number of halogens is 3. The van der Waals surface area contributed by atoms with Gasteiger partial charge < -0.3 is 9.88 Å². The van der Waals surface area contributed by atoms with Gasteiger partial charge in [0.2, 0.25) is 0 Å². The molecular formula is C18H20F3N5O2. The number of aromatic amines is 1. The van der Waals surface area contributed by atoms with Crippen LogP contribution in [0.2, 0.25) is 0 Å². The molecule has 7 nitrogen and oxygen atoms in total. The molecule has 4 heterocycles. The first kappa shape index (κ1) is 18.7. The number of aromatic nitrogens is 3. The Balaban J connectivity index is 1.53. The van der Waals surface area contributed by atoms with Gasteiger partial charge in [-0.15, -0.1) is 0 Å². The van der Waals surface area contributed by atoms with Crippen LogP contribution in [0, 0.1) is 5.92 Å². The second kappa shape index (κ2) is 7.08. The quantitative estimate of drug-likeness (QED) is 0.822. The zero-order valence-corrected chi connectivity index (χ0v) is 15.0. The van der Waals surface area contributed by atoms with Crippen LogP contribution < -0.4 is 10.9 Å². The third-order valence-electron chi connectivity index (χ3n) is 5.33. The molecule has 4 rings (SSSR count). The second-order valence-electron chi connectivity index (χ2n) is 7.46. The second-order valence-corrected chi connectivity index (χ2v) is 7.46. The smallest absolute Gasteiger partial charge is 0.343 e. The van der Waals surface area contributed by atoms with Gasteiger partial charge in [0.1, 0.15) is 12.1 Å². The summed E-state index contributed by atoms with van der Waals surface area (Å²) in [5.41, 5.74) is 1.09. The van der Waals surface area contributed by atoms with Crippen molar-refractivity contribution in [3.8, 4) is 0 Å². The first-order valence-corrected chi connectivity index (χ1v) is 9.09. The fraction of sp³-hybridized carbons (Fsp3) is 0.500. The molecule has 0 saturated carbocycles. The highest BCUT2D eigenvalue weighted by Gasteiger charge is 2.35. The third kappa shape index (κ3) is 3.82. The van der Waals surface area contributed by atoms with Crippen molar-refractivity contribution in [1.82, 2.24) is 25.0 Å². The molecule has 2 aromatic rings. The molecule has 1 fully saturated rings. The summed E-state index contributed by atoms with van der Waals surface area (Å²) in [5.74, 6) is -0.593. The van der Waals surface area contributed by atoms with E-state index in [-0.39, 0.29) is 17.4 Å². The summed E-state index contributed by atoms with van der Waals surface area (Å²) >= 11 is 0. The summed E-state index contributed by atoms with van der Waals surface area (Å²) in [6.45, 7) is 1.33. The monoisotopic (exact) mass is 395 g/mol. The Hall–Kier alpha value is -2.62. The van der Waals surface area contributed by atoms with Crippen molar-refractivity contribution in [2.75, 3.05) is 19.6 Å². The highest BCUT2D eigenvalue weighted by atomic mass is 19.4. The molecule has 10 heteroatoms. The topological polar surface area (TPSA) is 83.0 Å². The summed E-state index contributed by atoms with van der Waals surface area (Å²) in [6.07, 6.45) is -1.85. The van der Waals surface area contributed by atoms with E-state index in [4.69, 9.17) is 0 Å². The van der Waals surface area contributed by atoms with Gasteiger partial charge in [0.15, 0.2) is 0 Å². The molecule has 28 heavy (non-hydrogen) atoms. The van der Waals surface area contributed by atoms with Gasteiger partial charge >= 0.3 is 6.18 Å². The van der Waals surface area contributed by atoms with Crippen LogP contribution in [0.25, 0.3) is 0 Å². The van der Waals surface area contributed by atoms with E-state index < -0.39 is 24.2 Å². The molecule has 2 aliphatic heterocycles. The van der Waals surface area contributed by atoms with Gasteiger partial charge in [-0.3, -0.25) is 19.6 Å². The van der Waals surface area contributed by atoms with Gasteiger partial charge in [0.05, 0.1) is 0 Å². The van der Waals surface area contributed by atoms with Gasteiger partial charge in [-0.2, -0.15) is 18.3 Å². The van der Waals surface area contributed by atoms with Crippen LogP contribution in [-0.2, 0) is 13.1 Å². The molecule has 0 radical (unpaired) electrons. The van der Waals surface area contributed by atoms with Gasteiger partial charge in [-0.25, -0.2) is 0 Å². The van der Waals surface area contributed by atoms with Gasteiger partial charge in [0, 0.05) is 49.7 Å². The van der Waals surface area contributed by atoms with Crippen molar-refractivity contribution >= 4 is 5.91 Å². The average molecular weight is 395 g/mol. The van der Waals surface area contributed by atoms with Crippen LogP contribution in [0.4, 0.5) is 13.2 Å². The minimum atomic E-state index is -4.52. The maximum atomic E-state index is 12.7. The Labute approximate surface area is 158 Å². The number of nitrogens with zero attached hydrogens (tertiary/aromatic N) is 3. The number of pyridine rings is 1. The zero-order chi connectivity index (χ0) is 19.9. The number of amides is 1. The lowest BCUT2D eigenvalue weighted by Crippen LogP contribution is -2.48. The fourth-order valence-corrected chi connectivity index (χ4v) is 4.24. The number of hydrogen-bond donors (Lipinski definition) is 2. The number of hydrogen-bond acceptors (Lipinski definition) is 4. The van der Waals surface area contributed by atoms with Crippen LogP contribution in [0.15, 0.2) is 29.2 Å². The Kier molecular flexibility index (Phi) is 4.74. The lowest BCUT2D eigenvalue weighted by Gasteiger charge is -2.42. The van der Waals surface area contributed by atoms with Crippen LogP contribution in [0.3, 0.4) is 0 Å². The van der Waals surface area contributed by atoms with Crippen molar-refractivity contribution in [2.24, 2.45) is 5.92 Å². The molecule has 2 N–H and O–H groups in total. The molecular weight excluding hydrogens is 375 g/mol. The van der Waals surface area contributed by atoms with E-state index in [1.165, 1.54) is 6.07 Å². The minimum absolute atomic E-state index is 0.149. The SMILES string of the molecule is O=C(NCC(F)(F)F)c1ccc2n(c1=O)C[C@H]1C[C@@H]2CN(Cc2ccn[nH]2)C1. The first-order valence-electron chi connectivity index (χ1n) is 9.09. The Morgan fingerprint density at radius 1 is 1.25 bits per heavy atom. The standard InChI is InChI=1S/C18H20F3N5O2/c19-18(20,21)10-22-16(27)14-1-2-15-12-5-11(7-26(15)17(14)28)6-25(8-12)9-13-3-4-23-24-13/h1-4,11-12H,5-10H2,(H,22,27)(H,23,24)/t11-,12+/m0/s1. The van der Waals surface area contributed by atoms with E-state index >= 15 is 0 Å². The lowest BCUT2D eigenvalue weighted by atomic mass is 9.83. The average Bonchev–Trinajstić information content (AvgIpc) is 3.13. The third-order valence-corrected chi connectivity index (χ3v) is 5.33. The molecule has 0 aromatic carbocycles. The summed E-state index contributed by atoms with van der Waals surface area (Å²) in [4.78, 5) is 27.1. The van der Waals surface area contributed by atoms with Gasteiger partial charge in [-0.1, -0.05) is 0 Å². The molecule has 0 unspecified atom stereocenters. The van der Waals surface area contributed by atoms with Crippen molar-refractivity contribution in [1.29, 1.82) is 0 Å². The summed E-state index contributed by atoms with van der Waals surface area (Å²) in [5, 5.41) is 8.68. The number of H-pyrrole nitrogens is 1. The predicted molar refractivity (Wildman–Crippen MR) is 93.8 cm³/mol. The number of carbonyl (C=O) groups is 1. The largest absolute Gasteiger partial charge is 0.405 e. The number of carbonyl (C=O) groups excluding carboxylic acids is 1. The maximum absolute atomic E-state index is 12.7. The van der Waals surface area contributed by atoms with Crippen LogP contribution in [0.1, 0.15) is 34.1 Å². The van der Waals surface area contributed by atoms with E-state index in [0.717, 1.165) is 37.4 Å². The number of piperidine rings is 1. The predicted octanol–water partition coefficient (Wildman–Crippen LogP) is 1.48. The van der Waals surface area contributed by atoms with E-state index in [0.29, 0.717) is 6.54 Å². The van der Waals surface area contributed by atoms with Crippen LogP contribution in [0.5, 0.6) is 0 Å². The molecule has 2 aromatic heterocycles. The highest BCUT2D eigenvalue weighted by molar-refractivity contribution is 5.93. The summed E-state index contributed by atoms with van der Waals surface area (Å²) in [7, 11) is 0. The highest BCUT2D eigenvalue weighted by Crippen LogP contribution is 2.35. The van der Waals surface area contributed by atoms with Crippen molar-refractivity contribution in [2.45, 2.75) is 31.6 Å². The molecule has 0 spiro atoms. The number of likely N-dealkylation sites (tertiary alicyclic amines) is 1. The summed E-state index contributed by atoms with van der Waals surface area (Å²) < 4.78 is 38.5. The molecule has 0 aliphatic carbocycles. The lowest BCUT2D eigenvalue weighted by molar-refractivity contribution is -0.123. The Morgan fingerprint density at radius 2 is 2.07 bits per heavy atom. The molecule has 2 bridgehead atoms. The van der Waals surface area contributed by atoms with E-state index in [1.807, 2.05) is 6.07 Å². The van der Waals surface area contributed by atoms with Crippen molar-refractivity contribution in [3.05, 3.63) is 51.7 Å². The number of rotatable bonds is 4. The molecule has 1 amide bonds. The Bertz CT molecular complexity index is 922. The van der Waals surface area contributed by atoms with E-state index in [2.05, 4.69) is 15.1 Å². The zero-order valence-electron chi connectivity index (χ0n) is 15.0. The van der Waals surface area contributed by atoms with Crippen molar-refractivity contribution < 1.29 is 18.0 Å². The molecule has 150 valence electrons. The molecule has 2 atom stereocenters. The Morgan fingerprint density at radius 3 is 2.79 bits per heavy atom. The number of fused-ring (bicyclic) bond motifs is 4. The summed E-state index contributed by atoms with van der Waals surface area (Å²) in [6, 6.07) is 4.97. The number of alkyl halides is 3. The molecule has 2 aliphatic rings. The normalized spacial score (nSPS) is 22.0. The van der Waals surface area contributed by atoms with Crippen LogP contribution >= 0.6 is 0 Å².